The summed E-state index contributed by atoms with van der Waals surface area (Å²) in [6.45, 7) is 0.554. The fraction of sp³-hybridized carbons (Fsp3) is 0.455. The number of thiophene rings is 1. The van der Waals surface area contributed by atoms with Crippen molar-refractivity contribution in [2.24, 2.45) is 0 Å². The van der Waals surface area contributed by atoms with E-state index in [1.165, 1.54) is 34.8 Å². The number of ether oxygens (including phenoxy) is 1. The minimum atomic E-state index is -0.845. The molecule has 2 aromatic rings. The van der Waals surface area contributed by atoms with Gasteiger partial charge in [0.25, 0.3) is 5.91 Å². The Morgan fingerprint density at radius 1 is 1.21 bits per heavy atom. The second-order valence-corrected chi connectivity index (χ2v) is 8.21. The third kappa shape index (κ3) is 5.64. The highest BCUT2D eigenvalue weighted by Gasteiger charge is 2.33. The van der Waals surface area contributed by atoms with E-state index in [0.29, 0.717) is 17.0 Å². The molecule has 1 aliphatic carbocycles. The highest BCUT2D eigenvalue weighted by atomic mass is 32.1. The Kier molecular flexibility index (Phi) is 7.77. The van der Waals surface area contributed by atoms with Gasteiger partial charge in [-0.05, 0) is 42.0 Å². The maximum absolute atomic E-state index is 13.5. The summed E-state index contributed by atoms with van der Waals surface area (Å²) in [6.07, 6.45) is 5.25. The summed E-state index contributed by atoms with van der Waals surface area (Å²) in [5.41, 5.74) is 0.584. The molecule has 2 amide bonds. The maximum atomic E-state index is 13.5. The molecule has 1 aliphatic rings. The zero-order valence-electron chi connectivity index (χ0n) is 16.6. The van der Waals surface area contributed by atoms with E-state index in [2.05, 4.69) is 5.32 Å². The van der Waals surface area contributed by atoms with Crippen molar-refractivity contribution < 1.29 is 18.7 Å². The second kappa shape index (κ2) is 10.5. The number of carbonyl (C=O) groups excluding carboxylic acids is 2. The van der Waals surface area contributed by atoms with Crippen LogP contribution >= 0.6 is 11.3 Å². The van der Waals surface area contributed by atoms with Crippen LogP contribution in [0.2, 0.25) is 0 Å². The Morgan fingerprint density at radius 2 is 1.93 bits per heavy atom. The first-order chi connectivity index (χ1) is 14.1. The van der Waals surface area contributed by atoms with Gasteiger partial charge in [0, 0.05) is 19.7 Å². The normalized spacial score (nSPS) is 15.7. The Morgan fingerprint density at radius 3 is 2.55 bits per heavy atom. The first-order valence-electron chi connectivity index (χ1n) is 9.99. The standard InChI is InChI=1S/C22H27FN2O3S/c1-28-14-13-25(22(27)19-8-5-15-29-19)20(16-9-11-17(23)12-10-16)21(26)24-18-6-3-2-4-7-18/h5,8-12,15,18,20H,2-4,6-7,13-14H2,1H3,(H,24,26)/t20-/m1/s1. The average molecular weight is 419 g/mol. The fourth-order valence-electron chi connectivity index (χ4n) is 3.72. The molecule has 1 N–H and O–H groups in total. The lowest BCUT2D eigenvalue weighted by Crippen LogP contribution is -2.47. The van der Waals surface area contributed by atoms with E-state index in [9.17, 15) is 14.0 Å². The van der Waals surface area contributed by atoms with Gasteiger partial charge in [0.1, 0.15) is 11.9 Å². The monoisotopic (exact) mass is 418 g/mol. The Bertz CT molecular complexity index is 789. The largest absolute Gasteiger partial charge is 0.383 e. The SMILES string of the molecule is COCCN(C(=O)c1cccs1)[C@@H](C(=O)NC1CCCCC1)c1ccc(F)cc1. The quantitative estimate of drug-likeness (QED) is 0.700. The molecule has 3 rings (SSSR count). The van der Waals surface area contributed by atoms with Crippen LogP contribution in [0.4, 0.5) is 4.39 Å². The van der Waals surface area contributed by atoms with E-state index in [-0.39, 0.29) is 30.2 Å². The predicted molar refractivity (Wildman–Crippen MR) is 111 cm³/mol. The molecular weight excluding hydrogens is 391 g/mol. The zero-order valence-corrected chi connectivity index (χ0v) is 17.4. The van der Waals surface area contributed by atoms with E-state index >= 15 is 0 Å². The van der Waals surface area contributed by atoms with Crippen LogP contribution in [0.1, 0.15) is 53.4 Å². The minimum Gasteiger partial charge on any atom is -0.383 e. The molecule has 1 aromatic heterocycles. The lowest BCUT2D eigenvalue weighted by Gasteiger charge is -2.33. The number of hydrogen-bond donors (Lipinski definition) is 1. The summed E-state index contributed by atoms with van der Waals surface area (Å²) in [6, 6.07) is 8.60. The molecule has 0 saturated heterocycles. The number of carbonyl (C=O) groups is 2. The summed E-state index contributed by atoms with van der Waals surface area (Å²) in [5.74, 6) is -0.845. The molecule has 1 heterocycles. The van der Waals surface area contributed by atoms with Crippen LogP contribution in [0.25, 0.3) is 0 Å². The third-order valence-electron chi connectivity index (χ3n) is 5.23. The number of halogens is 1. The van der Waals surface area contributed by atoms with Crippen molar-refractivity contribution >= 4 is 23.2 Å². The van der Waals surface area contributed by atoms with Gasteiger partial charge >= 0.3 is 0 Å². The van der Waals surface area contributed by atoms with E-state index < -0.39 is 6.04 Å². The van der Waals surface area contributed by atoms with Crippen LogP contribution in [-0.4, -0.2) is 43.0 Å². The summed E-state index contributed by atoms with van der Waals surface area (Å²) < 4.78 is 18.7. The van der Waals surface area contributed by atoms with Crippen molar-refractivity contribution in [1.82, 2.24) is 10.2 Å². The highest BCUT2D eigenvalue weighted by Crippen LogP contribution is 2.26. The molecule has 0 spiro atoms. The van der Waals surface area contributed by atoms with Gasteiger partial charge in [0.2, 0.25) is 5.91 Å². The van der Waals surface area contributed by atoms with Crippen molar-refractivity contribution in [3.8, 4) is 0 Å². The average Bonchev–Trinajstić information content (AvgIpc) is 3.27. The number of methoxy groups -OCH3 is 1. The molecule has 0 bridgehead atoms. The topological polar surface area (TPSA) is 58.6 Å². The molecule has 0 aliphatic heterocycles. The number of benzene rings is 1. The van der Waals surface area contributed by atoms with Crippen LogP contribution in [0.3, 0.4) is 0 Å². The van der Waals surface area contributed by atoms with E-state index in [4.69, 9.17) is 4.74 Å². The molecule has 1 atom stereocenters. The van der Waals surface area contributed by atoms with Gasteiger partial charge in [-0.2, -0.15) is 0 Å². The molecule has 1 saturated carbocycles. The Labute approximate surface area is 174 Å². The number of nitrogens with one attached hydrogen (secondary N) is 1. The summed E-state index contributed by atoms with van der Waals surface area (Å²) >= 11 is 1.33. The molecule has 0 unspecified atom stereocenters. The Balaban J connectivity index is 1.92. The second-order valence-electron chi connectivity index (χ2n) is 7.27. The first kappa shape index (κ1) is 21.5. The van der Waals surface area contributed by atoms with Gasteiger partial charge in [0.05, 0.1) is 11.5 Å². The van der Waals surface area contributed by atoms with Crippen LogP contribution in [-0.2, 0) is 9.53 Å². The van der Waals surface area contributed by atoms with Crippen LogP contribution in [0.5, 0.6) is 0 Å². The molecule has 1 fully saturated rings. The molecule has 5 nitrogen and oxygen atoms in total. The third-order valence-corrected chi connectivity index (χ3v) is 6.08. The van der Waals surface area contributed by atoms with Crippen molar-refractivity contribution in [1.29, 1.82) is 0 Å². The van der Waals surface area contributed by atoms with Crippen LogP contribution in [0, 0.1) is 5.82 Å². The summed E-state index contributed by atoms with van der Waals surface area (Å²) in [4.78, 5) is 28.6. The number of hydrogen-bond acceptors (Lipinski definition) is 4. The lowest BCUT2D eigenvalue weighted by atomic mass is 9.94. The van der Waals surface area contributed by atoms with E-state index in [1.807, 2.05) is 5.38 Å². The van der Waals surface area contributed by atoms with Crippen LogP contribution < -0.4 is 5.32 Å². The maximum Gasteiger partial charge on any atom is 0.264 e. The van der Waals surface area contributed by atoms with Crippen molar-refractivity contribution in [2.45, 2.75) is 44.2 Å². The van der Waals surface area contributed by atoms with Crippen molar-refractivity contribution in [2.75, 3.05) is 20.3 Å². The van der Waals surface area contributed by atoms with Gasteiger partial charge in [-0.25, -0.2) is 4.39 Å². The van der Waals surface area contributed by atoms with Gasteiger partial charge in [0.15, 0.2) is 0 Å². The molecule has 156 valence electrons. The zero-order chi connectivity index (χ0) is 20.6. The summed E-state index contributed by atoms with van der Waals surface area (Å²) in [5, 5.41) is 4.96. The van der Waals surface area contributed by atoms with Gasteiger partial charge in [-0.15, -0.1) is 11.3 Å². The number of nitrogens with zero attached hydrogens (tertiary/aromatic N) is 1. The fourth-order valence-corrected chi connectivity index (χ4v) is 4.40. The number of rotatable bonds is 8. The van der Waals surface area contributed by atoms with Crippen molar-refractivity contribution in [3.63, 3.8) is 0 Å². The highest BCUT2D eigenvalue weighted by molar-refractivity contribution is 7.12. The van der Waals surface area contributed by atoms with Gasteiger partial charge in [-0.1, -0.05) is 37.5 Å². The Hall–Kier alpha value is -2.25. The first-order valence-corrected chi connectivity index (χ1v) is 10.9. The van der Waals surface area contributed by atoms with Gasteiger partial charge in [-0.3, -0.25) is 9.59 Å². The predicted octanol–water partition coefficient (Wildman–Crippen LogP) is 4.17. The summed E-state index contributed by atoms with van der Waals surface area (Å²) in [7, 11) is 1.56. The number of amides is 2. The lowest BCUT2D eigenvalue weighted by molar-refractivity contribution is -0.127. The molecule has 0 radical (unpaired) electrons. The smallest absolute Gasteiger partial charge is 0.264 e. The van der Waals surface area contributed by atoms with E-state index in [0.717, 1.165) is 25.7 Å². The van der Waals surface area contributed by atoms with Crippen molar-refractivity contribution in [3.05, 3.63) is 58.0 Å². The minimum absolute atomic E-state index is 0.111. The van der Waals surface area contributed by atoms with E-state index in [1.54, 1.807) is 31.4 Å². The van der Waals surface area contributed by atoms with Crippen LogP contribution in [0.15, 0.2) is 41.8 Å². The molecular formula is C22H27FN2O3S. The van der Waals surface area contributed by atoms with Gasteiger partial charge < -0.3 is 15.0 Å². The molecule has 7 heteroatoms. The molecule has 1 aromatic carbocycles. The molecule has 29 heavy (non-hydrogen) atoms.